The second-order valence-electron chi connectivity index (χ2n) is 5.12. The molecule has 0 aliphatic rings. The number of aliphatic carboxylic acids is 2. The molecule has 0 radical (unpaired) electrons. The van der Waals surface area contributed by atoms with Gasteiger partial charge in [-0.05, 0) is 32.6 Å². The van der Waals surface area contributed by atoms with Crippen LogP contribution in [0.25, 0.3) is 0 Å². The highest BCUT2D eigenvalue weighted by atomic mass is 16.4. The number of aliphatic hydroxyl groups excluding tert-OH is 2. The number of aliphatic hydroxyl groups is 2. The molecular weight excluding hydrogens is 276 g/mol. The van der Waals surface area contributed by atoms with Gasteiger partial charge in [-0.1, -0.05) is 25.7 Å². The number of hydrogen-bond donors (Lipinski definition) is 4. The topological polar surface area (TPSA) is 115 Å². The molecule has 6 nitrogen and oxygen atoms in total. The van der Waals surface area contributed by atoms with Crippen molar-refractivity contribution in [2.75, 3.05) is 6.61 Å². The third-order valence-electron chi connectivity index (χ3n) is 2.81. The Kier molecular flexibility index (Phi) is 17.8. The van der Waals surface area contributed by atoms with Gasteiger partial charge in [-0.25, -0.2) is 0 Å². The van der Waals surface area contributed by atoms with E-state index in [1.807, 2.05) is 0 Å². The molecule has 0 saturated carbocycles. The van der Waals surface area contributed by atoms with Crippen LogP contribution in [0.3, 0.4) is 0 Å². The summed E-state index contributed by atoms with van der Waals surface area (Å²) in [7, 11) is 0. The van der Waals surface area contributed by atoms with Gasteiger partial charge in [0.05, 0.1) is 6.10 Å². The third kappa shape index (κ3) is 27.9. The Balaban J connectivity index is 0. The number of hydrogen-bond acceptors (Lipinski definition) is 4. The fourth-order valence-corrected chi connectivity index (χ4v) is 1.65. The maximum Gasteiger partial charge on any atom is 0.303 e. The Morgan fingerprint density at radius 2 is 1.19 bits per heavy atom. The highest BCUT2D eigenvalue weighted by Gasteiger charge is 1.98. The summed E-state index contributed by atoms with van der Waals surface area (Å²) in [6, 6.07) is 0. The fraction of sp³-hybridized carbons (Fsp3) is 0.867. The lowest BCUT2D eigenvalue weighted by Gasteiger charge is -1.98. The van der Waals surface area contributed by atoms with E-state index in [9.17, 15) is 9.59 Å². The molecule has 0 saturated heterocycles. The van der Waals surface area contributed by atoms with Crippen LogP contribution in [-0.2, 0) is 9.59 Å². The van der Waals surface area contributed by atoms with Gasteiger partial charge in [-0.3, -0.25) is 9.59 Å². The summed E-state index contributed by atoms with van der Waals surface area (Å²) in [5.41, 5.74) is 0. The van der Waals surface area contributed by atoms with E-state index in [4.69, 9.17) is 20.4 Å². The third-order valence-corrected chi connectivity index (χ3v) is 2.81. The molecule has 0 spiro atoms. The largest absolute Gasteiger partial charge is 0.481 e. The second-order valence-corrected chi connectivity index (χ2v) is 5.12. The van der Waals surface area contributed by atoms with Gasteiger partial charge in [0.15, 0.2) is 0 Å². The van der Waals surface area contributed by atoms with E-state index in [1.54, 1.807) is 6.92 Å². The lowest BCUT2D eigenvalue weighted by molar-refractivity contribution is -0.138. The van der Waals surface area contributed by atoms with Crippen LogP contribution in [-0.4, -0.2) is 45.1 Å². The fourth-order valence-electron chi connectivity index (χ4n) is 1.65. The van der Waals surface area contributed by atoms with Crippen molar-refractivity contribution in [1.29, 1.82) is 0 Å². The molecule has 4 N–H and O–H groups in total. The molecular formula is C15H30O6. The average molecular weight is 306 g/mol. The van der Waals surface area contributed by atoms with Gasteiger partial charge < -0.3 is 20.4 Å². The van der Waals surface area contributed by atoms with E-state index in [0.29, 0.717) is 12.8 Å². The van der Waals surface area contributed by atoms with Gasteiger partial charge >= 0.3 is 11.9 Å². The maximum atomic E-state index is 10.1. The maximum absolute atomic E-state index is 10.1. The molecule has 0 aromatic heterocycles. The zero-order valence-electron chi connectivity index (χ0n) is 13.0. The Bertz CT molecular complexity index is 233. The minimum Gasteiger partial charge on any atom is -0.481 e. The van der Waals surface area contributed by atoms with Gasteiger partial charge in [0, 0.05) is 19.4 Å². The van der Waals surface area contributed by atoms with Crippen LogP contribution in [0.5, 0.6) is 0 Å². The first-order valence-corrected chi connectivity index (χ1v) is 7.62. The van der Waals surface area contributed by atoms with Crippen LogP contribution < -0.4 is 0 Å². The lowest BCUT2D eigenvalue weighted by atomic mass is 10.1. The lowest BCUT2D eigenvalue weighted by Crippen LogP contribution is -1.99. The molecule has 0 rings (SSSR count). The SMILES string of the molecule is CC(O)CCCO.O=C(O)CCCCCCCCC(=O)O. The van der Waals surface area contributed by atoms with Gasteiger partial charge in [0.25, 0.3) is 0 Å². The summed E-state index contributed by atoms with van der Waals surface area (Å²) in [4.78, 5) is 20.3. The van der Waals surface area contributed by atoms with Crippen LogP contribution in [0.2, 0.25) is 0 Å². The van der Waals surface area contributed by atoms with Crippen LogP contribution in [0.1, 0.15) is 71.1 Å². The van der Waals surface area contributed by atoms with Gasteiger partial charge in [-0.15, -0.1) is 0 Å². The molecule has 1 atom stereocenters. The van der Waals surface area contributed by atoms with Crippen LogP contribution >= 0.6 is 0 Å². The second kappa shape index (κ2) is 16.9. The van der Waals surface area contributed by atoms with E-state index in [1.165, 1.54) is 0 Å². The van der Waals surface area contributed by atoms with E-state index >= 15 is 0 Å². The van der Waals surface area contributed by atoms with Crippen molar-refractivity contribution in [1.82, 2.24) is 0 Å². The highest BCUT2D eigenvalue weighted by Crippen LogP contribution is 2.08. The molecule has 0 amide bonds. The van der Waals surface area contributed by atoms with Gasteiger partial charge in [0.2, 0.25) is 0 Å². The van der Waals surface area contributed by atoms with Crippen molar-refractivity contribution in [2.45, 2.75) is 77.2 Å². The monoisotopic (exact) mass is 306 g/mol. The predicted octanol–water partition coefficient (Wildman–Crippen LogP) is 2.42. The predicted molar refractivity (Wildman–Crippen MR) is 80.2 cm³/mol. The van der Waals surface area contributed by atoms with Crippen LogP contribution in [0.15, 0.2) is 0 Å². The van der Waals surface area contributed by atoms with Gasteiger partial charge in [-0.2, -0.15) is 0 Å². The molecule has 0 aromatic carbocycles. The molecule has 0 aliphatic carbocycles. The van der Waals surface area contributed by atoms with Crippen molar-refractivity contribution in [3.05, 3.63) is 0 Å². The summed E-state index contributed by atoms with van der Waals surface area (Å²) >= 11 is 0. The molecule has 0 fully saturated rings. The Morgan fingerprint density at radius 3 is 1.43 bits per heavy atom. The zero-order chi connectivity index (χ0) is 16.5. The smallest absolute Gasteiger partial charge is 0.303 e. The molecule has 0 aromatic rings. The summed E-state index contributed by atoms with van der Waals surface area (Å²) < 4.78 is 0. The number of carbonyl (C=O) groups is 2. The van der Waals surface area contributed by atoms with Crippen LogP contribution in [0, 0.1) is 0 Å². The summed E-state index contributed by atoms with van der Waals surface area (Å²) in [6.45, 7) is 1.90. The molecule has 6 heteroatoms. The zero-order valence-corrected chi connectivity index (χ0v) is 13.0. The number of carboxylic acid groups (broad SMARTS) is 2. The summed E-state index contributed by atoms with van der Waals surface area (Å²) in [6.07, 6.45) is 6.98. The van der Waals surface area contributed by atoms with E-state index in [2.05, 4.69) is 0 Å². The quantitative estimate of drug-likeness (QED) is 0.412. The Labute approximate surface area is 126 Å². The average Bonchev–Trinajstić information content (AvgIpc) is 2.39. The highest BCUT2D eigenvalue weighted by molar-refractivity contribution is 5.66. The normalized spacial score (nSPS) is 11.4. The Hall–Kier alpha value is -1.14. The summed E-state index contributed by atoms with van der Waals surface area (Å²) in [5.74, 6) is -1.48. The first-order chi connectivity index (χ1) is 9.90. The molecule has 21 heavy (non-hydrogen) atoms. The minimum absolute atomic E-state index is 0.185. The molecule has 0 bridgehead atoms. The summed E-state index contributed by atoms with van der Waals surface area (Å²) in [5, 5.41) is 33.5. The number of unbranched alkanes of at least 4 members (excludes halogenated alkanes) is 5. The molecule has 1 unspecified atom stereocenters. The van der Waals surface area contributed by atoms with E-state index in [-0.39, 0.29) is 25.6 Å². The van der Waals surface area contributed by atoms with Crippen molar-refractivity contribution < 1.29 is 30.0 Å². The van der Waals surface area contributed by atoms with Crippen molar-refractivity contribution >= 4 is 11.9 Å². The van der Waals surface area contributed by atoms with Crippen LogP contribution in [0.4, 0.5) is 0 Å². The minimum atomic E-state index is -0.740. The first-order valence-electron chi connectivity index (χ1n) is 7.62. The van der Waals surface area contributed by atoms with E-state index in [0.717, 1.165) is 38.5 Å². The Morgan fingerprint density at radius 1 is 0.810 bits per heavy atom. The van der Waals surface area contributed by atoms with Crippen molar-refractivity contribution in [3.63, 3.8) is 0 Å². The number of rotatable bonds is 12. The molecule has 126 valence electrons. The van der Waals surface area contributed by atoms with Gasteiger partial charge in [0.1, 0.15) is 0 Å². The number of carboxylic acids is 2. The van der Waals surface area contributed by atoms with E-state index < -0.39 is 11.9 Å². The van der Waals surface area contributed by atoms with Crippen molar-refractivity contribution in [2.24, 2.45) is 0 Å². The van der Waals surface area contributed by atoms with Crippen molar-refractivity contribution in [3.8, 4) is 0 Å². The molecule has 0 heterocycles. The molecule has 0 aliphatic heterocycles. The first kappa shape index (κ1) is 22.1. The standard InChI is InChI=1S/C10H18O4.C5H12O2/c11-9(12)7-5-3-1-2-4-6-8-10(13)14;1-5(7)3-2-4-6/h1-8H2,(H,11,12)(H,13,14);5-7H,2-4H2,1H3.